The summed E-state index contributed by atoms with van der Waals surface area (Å²) in [5.41, 5.74) is -0.926. The van der Waals surface area contributed by atoms with E-state index in [1.807, 2.05) is 4.90 Å². The van der Waals surface area contributed by atoms with Crippen molar-refractivity contribution in [2.75, 3.05) is 13.6 Å². The molecule has 20 heavy (non-hydrogen) atoms. The molecule has 110 valence electrons. The van der Waals surface area contributed by atoms with Gasteiger partial charge in [0.05, 0.1) is 10.5 Å². The Hall–Kier alpha value is -1.53. The number of likely N-dealkylation sites (N-methyl/N-ethyl adjacent to an activating group) is 1. The predicted octanol–water partition coefficient (Wildman–Crippen LogP) is 2.47. The highest BCUT2D eigenvalue weighted by atomic mass is 19.1. The molecule has 0 radical (unpaired) electrons. The van der Waals surface area contributed by atoms with Crippen LogP contribution < -0.4 is 0 Å². The lowest BCUT2D eigenvalue weighted by Crippen LogP contribution is -2.38. The predicted molar refractivity (Wildman–Crippen MR) is 72.8 cm³/mol. The van der Waals surface area contributed by atoms with Crippen molar-refractivity contribution in [1.29, 1.82) is 0 Å². The summed E-state index contributed by atoms with van der Waals surface area (Å²) in [5.74, 6) is -0.789. The van der Waals surface area contributed by atoms with Crippen LogP contribution in [0.4, 0.5) is 10.1 Å². The third-order valence-corrected chi connectivity index (χ3v) is 3.79. The van der Waals surface area contributed by atoms with Crippen LogP contribution in [-0.4, -0.2) is 34.1 Å². The fourth-order valence-electron chi connectivity index (χ4n) is 2.87. The molecule has 1 aliphatic carbocycles. The topological polar surface area (TPSA) is 66.6 Å². The Morgan fingerprint density at radius 2 is 2.10 bits per heavy atom. The first-order valence-electron chi connectivity index (χ1n) is 6.74. The highest BCUT2D eigenvalue weighted by molar-refractivity contribution is 5.36. The molecule has 0 spiro atoms. The van der Waals surface area contributed by atoms with E-state index in [2.05, 4.69) is 0 Å². The third-order valence-electron chi connectivity index (χ3n) is 3.79. The first-order valence-corrected chi connectivity index (χ1v) is 6.74. The van der Waals surface area contributed by atoms with Crippen molar-refractivity contribution >= 4 is 5.69 Å². The molecule has 1 aromatic rings. The molecule has 1 aliphatic rings. The van der Waals surface area contributed by atoms with Crippen LogP contribution in [-0.2, 0) is 6.54 Å². The molecule has 1 fully saturated rings. The van der Waals surface area contributed by atoms with E-state index in [4.69, 9.17) is 0 Å². The van der Waals surface area contributed by atoms with E-state index in [9.17, 15) is 19.6 Å². The normalized spacial score (nSPS) is 17.6. The summed E-state index contributed by atoms with van der Waals surface area (Å²) >= 11 is 0. The number of hydrogen-bond acceptors (Lipinski definition) is 4. The van der Waals surface area contributed by atoms with E-state index in [-0.39, 0.29) is 12.1 Å². The van der Waals surface area contributed by atoms with Gasteiger partial charge in [-0.3, -0.25) is 15.0 Å². The van der Waals surface area contributed by atoms with Gasteiger partial charge in [-0.05, 0) is 19.9 Å². The second-order valence-corrected chi connectivity index (χ2v) is 5.61. The summed E-state index contributed by atoms with van der Waals surface area (Å²) in [7, 11) is 1.79. The molecular weight excluding hydrogens is 263 g/mol. The summed E-state index contributed by atoms with van der Waals surface area (Å²) in [6.45, 7) is 0.699. The zero-order valence-electron chi connectivity index (χ0n) is 11.5. The van der Waals surface area contributed by atoms with E-state index < -0.39 is 22.0 Å². The summed E-state index contributed by atoms with van der Waals surface area (Å²) in [6.07, 6.45) is 3.54. The van der Waals surface area contributed by atoms with Crippen LogP contribution in [0.3, 0.4) is 0 Å². The van der Waals surface area contributed by atoms with Crippen LogP contribution in [0.25, 0.3) is 0 Å². The van der Waals surface area contributed by atoms with Gasteiger partial charge in [0.2, 0.25) is 5.82 Å². The minimum Gasteiger partial charge on any atom is -0.389 e. The van der Waals surface area contributed by atoms with Crippen LogP contribution >= 0.6 is 0 Å². The number of benzene rings is 1. The maximum absolute atomic E-state index is 14.0. The van der Waals surface area contributed by atoms with Gasteiger partial charge in [-0.1, -0.05) is 25.0 Å². The average Bonchev–Trinajstić information content (AvgIpc) is 2.77. The Labute approximate surface area is 117 Å². The molecular formula is C14H19FN2O3. The lowest BCUT2D eigenvalue weighted by molar-refractivity contribution is -0.387. The highest BCUT2D eigenvalue weighted by Crippen LogP contribution is 2.30. The first-order chi connectivity index (χ1) is 9.41. The molecule has 1 N–H and O–H groups in total. The molecule has 0 aromatic heterocycles. The minimum absolute atomic E-state index is 0.246. The van der Waals surface area contributed by atoms with E-state index >= 15 is 0 Å². The van der Waals surface area contributed by atoms with Gasteiger partial charge in [0.15, 0.2) is 0 Å². The van der Waals surface area contributed by atoms with Crippen molar-refractivity contribution in [3.8, 4) is 0 Å². The molecule has 1 saturated carbocycles. The second-order valence-electron chi connectivity index (χ2n) is 5.61. The number of nitro groups is 1. The minimum atomic E-state index is -0.789. The largest absolute Gasteiger partial charge is 0.389 e. The SMILES string of the molecule is CN(Cc1cccc([N+](=O)[O-])c1F)CC1(O)CCCC1. The standard InChI is InChI=1S/C14H19FN2O3/c1-16(10-14(18)7-2-3-8-14)9-11-5-4-6-12(13(11)15)17(19)20/h4-6,18H,2-3,7-10H2,1H3. The zero-order valence-corrected chi connectivity index (χ0v) is 11.5. The number of halogens is 1. The lowest BCUT2D eigenvalue weighted by atomic mass is 10.0. The summed E-state index contributed by atoms with van der Waals surface area (Å²) in [5, 5.41) is 21.0. The van der Waals surface area contributed by atoms with Gasteiger partial charge in [0.1, 0.15) is 0 Å². The zero-order chi connectivity index (χ0) is 14.8. The van der Waals surface area contributed by atoms with Crippen molar-refractivity contribution in [2.24, 2.45) is 0 Å². The van der Waals surface area contributed by atoms with Crippen molar-refractivity contribution in [1.82, 2.24) is 4.90 Å². The molecule has 1 aromatic carbocycles. The van der Waals surface area contributed by atoms with Gasteiger partial charge in [0, 0.05) is 24.7 Å². The van der Waals surface area contributed by atoms with Crippen molar-refractivity contribution in [2.45, 2.75) is 37.8 Å². The highest BCUT2D eigenvalue weighted by Gasteiger charge is 2.32. The molecule has 0 unspecified atom stereocenters. The Kier molecular flexibility index (Phi) is 4.35. The monoisotopic (exact) mass is 282 g/mol. The summed E-state index contributed by atoms with van der Waals surface area (Å²) < 4.78 is 14.0. The average molecular weight is 282 g/mol. The van der Waals surface area contributed by atoms with E-state index in [0.717, 1.165) is 31.7 Å². The number of nitro benzene ring substituents is 1. The molecule has 6 heteroatoms. The molecule has 0 heterocycles. The lowest BCUT2D eigenvalue weighted by Gasteiger charge is -2.28. The number of aliphatic hydroxyl groups is 1. The van der Waals surface area contributed by atoms with Crippen LogP contribution in [0.15, 0.2) is 18.2 Å². The molecule has 0 saturated heterocycles. The maximum atomic E-state index is 14.0. The number of rotatable bonds is 5. The maximum Gasteiger partial charge on any atom is 0.305 e. The van der Waals surface area contributed by atoms with Crippen LogP contribution in [0, 0.1) is 15.9 Å². The van der Waals surface area contributed by atoms with Gasteiger partial charge >= 0.3 is 5.69 Å². The molecule has 0 atom stereocenters. The van der Waals surface area contributed by atoms with E-state index in [1.54, 1.807) is 7.05 Å². The third kappa shape index (κ3) is 3.32. The van der Waals surface area contributed by atoms with Crippen LogP contribution in [0.2, 0.25) is 0 Å². The molecule has 0 bridgehead atoms. The molecule has 0 aliphatic heterocycles. The van der Waals surface area contributed by atoms with Gasteiger partial charge in [-0.15, -0.1) is 0 Å². The Balaban J connectivity index is 2.06. The van der Waals surface area contributed by atoms with E-state index in [0.29, 0.717) is 6.54 Å². The number of nitrogens with zero attached hydrogens (tertiary/aromatic N) is 2. The van der Waals surface area contributed by atoms with Gasteiger partial charge < -0.3 is 5.11 Å². The quantitative estimate of drug-likeness (QED) is 0.665. The Morgan fingerprint density at radius 1 is 1.45 bits per heavy atom. The fourth-order valence-corrected chi connectivity index (χ4v) is 2.87. The van der Waals surface area contributed by atoms with Gasteiger partial charge in [-0.2, -0.15) is 4.39 Å². The Morgan fingerprint density at radius 3 is 2.70 bits per heavy atom. The van der Waals surface area contributed by atoms with Crippen molar-refractivity contribution in [3.63, 3.8) is 0 Å². The van der Waals surface area contributed by atoms with E-state index in [1.165, 1.54) is 12.1 Å². The van der Waals surface area contributed by atoms with Crippen molar-refractivity contribution < 1.29 is 14.4 Å². The molecule has 2 rings (SSSR count). The second kappa shape index (κ2) is 5.85. The van der Waals surface area contributed by atoms with Crippen molar-refractivity contribution in [3.05, 3.63) is 39.7 Å². The summed E-state index contributed by atoms with van der Waals surface area (Å²) in [4.78, 5) is 11.8. The van der Waals surface area contributed by atoms with Gasteiger partial charge in [0.25, 0.3) is 0 Å². The fraction of sp³-hybridized carbons (Fsp3) is 0.571. The molecule has 0 amide bonds. The smallest absolute Gasteiger partial charge is 0.305 e. The molecule has 5 nitrogen and oxygen atoms in total. The summed E-state index contributed by atoms with van der Waals surface area (Å²) in [6, 6.07) is 4.18. The Bertz CT molecular complexity index is 501. The first kappa shape index (κ1) is 14.9. The van der Waals surface area contributed by atoms with Crippen LogP contribution in [0.5, 0.6) is 0 Å². The van der Waals surface area contributed by atoms with Crippen LogP contribution in [0.1, 0.15) is 31.2 Å². The number of hydrogen-bond donors (Lipinski definition) is 1. The van der Waals surface area contributed by atoms with Gasteiger partial charge in [-0.25, -0.2) is 0 Å².